The van der Waals surface area contributed by atoms with Crippen LogP contribution in [0, 0.1) is 0 Å². The first-order chi connectivity index (χ1) is 6.00. The van der Waals surface area contributed by atoms with Gasteiger partial charge in [0.1, 0.15) is 10.5 Å². The Morgan fingerprint density at radius 1 is 1.69 bits per heavy atom. The molecule has 0 aromatic carbocycles. The normalized spacial score (nSPS) is 24.2. The second-order valence-electron chi connectivity index (χ2n) is 2.60. The molecule has 0 saturated carbocycles. The topological polar surface area (TPSA) is 80.7 Å². The molecule has 0 amide bonds. The minimum Gasteiger partial charge on any atom is -0.480 e. The quantitative estimate of drug-likeness (QED) is 0.516. The first-order valence-corrected chi connectivity index (χ1v) is 4.57. The van der Waals surface area contributed by atoms with E-state index in [0.29, 0.717) is 0 Å². The monoisotopic (exact) mass is 204 g/mol. The van der Waals surface area contributed by atoms with Crippen LogP contribution in [0.4, 0.5) is 0 Å². The third-order valence-corrected chi connectivity index (χ3v) is 2.84. The van der Waals surface area contributed by atoms with E-state index >= 15 is 0 Å². The number of ether oxygens (including phenoxy) is 1. The van der Waals surface area contributed by atoms with Gasteiger partial charge in [0.05, 0.1) is 6.42 Å². The lowest BCUT2D eigenvalue weighted by atomic mass is 10.3. The van der Waals surface area contributed by atoms with E-state index in [1.165, 1.54) is 6.92 Å². The fourth-order valence-corrected chi connectivity index (χ4v) is 1.86. The summed E-state index contributed by atoms with van der Waals surface area (Å²) in [6.07, 6.45) is -0.0267. The van der Waals surface area contributed by atoms with E-state index in [-0.39, 0.29) is 6.42 Å². The number of carbonyl (C=O) groups is 3. The predicted molar refractivity (Wildman–Crippen MR) is 44.2 cm³/mol. The van der Waals surface area contributed by atoms with Crippen molar-refractivity contribution in [3.8, 4) is 0 Å². The van der Waals surface area contributed by atoms with E-state index in [1.54, 1.807) is 0 Å². The number of carboxylic acid groups (broad SMARTS) is 1. The van der Waals surface area contributed by atoms with Crippen LogP contribution < -0.4 is 0 Å². The van der Waals surface area contributed by atoms with Crippen molar-refractivity contribution >= 4 is 29.7 Å². The Hall–Kier alpha value is -1.04. The van der Waals surface area contributed by atoms with Crippen molar-refractivity contribution in [3.63, 3.8) is 0 Å². The van der Waals surface area contributed by atoms with Crippen molar-refractivity contribution in [1.29, 1.82) is 0 Å². The minimum absolute atomic E-state index is 0.0267. The van der Waals surface area contributed by atoms with E-state index in [0.717, 1.165) is 11.8 Å². The van der Waals surface area contributed by atoms with E-state index in [9.17, 15) is 14.4 Å². The average molecular weight is 204 g/mol. The predicted octanol–water partition coefficient (Wildman–Crippen LogP) is 0.0348. The lowest BCUT2D eigenvalue weighted by Crippen LogP contribution is -2.19. The van der Waals surface area contributed by atoms with Crippen molar-refractivity contribution in [2.75, 3.05) is 0 Å². The average Bonchev–Trinajstić information content (AvgIpc) is 2.30. The standard InChI is InChI=1S/C7H8O5S/c1-3(6(9)10)13-4-2-5(8)12-7(4)11/h3-4H,2H2,1H3,(H,9,10). The Bertz CT molecular complexity index is 262. The smallest absolute Gasteiger partial charge is 0.327 e. The number of carboxylic acids is 1. The van der Waals surface area contributed by atoms with Gasteiger partial charge in [0.25, 0.3) is 0 Å². The number of rotatable bonds is 3. The molecule has 0 spiro atoms. The summed E-state index contributed by atoms with van der Waals surface area (Å²) in [4.78, 5) is 31.9. The van der Waals surface area contributed by atoms with Crippen LogP contribution in [0.1, 0.15) is 13.3 Å². The Balaban J connectivity index is 2.50. The molecule has 6 heteroatoms. The molecule has 1 aliphatic rings. The van der Waals surface area contributed by atoms with Gasteiger partial charge in [0.15, 0.2) is 0 Å². The Morgan fingerprint density at radius 2 is 2.31 bits per heavy atom. The summed E-state index contributed by atoms with van der Waals surface area (Å²) in [5.74, 6) is -2.22. The second kappa shape index (κ2) is 3.78. The van der Waals surface area contributed by atoms with Gasteiger partial charge in [-0.15, -0.1) is 11.8 Å². The second-order valence-corrected chi connectivity index (χ2v) is 4.15. The van der Waals surface area contributed by atoms with Gasteiger partial charge in [-0.1, -0.05) is 0 Å². The molecule has 0 radical (unpaired) electrons. The van der Waals surface area contributed by atoms with Crippen molar-refractivity contribution < 1.29 is 24.2 Å². The summed E-state index contributed by atoms with van der Waals surface area (Å²) < 4.78 is 4.26. The van der Waals surface area contributed by atoms with Crippen molar-refractivity contribution in [3.05, 3.63) is 0 Å². The van der Waals surface area contributed by atoms with E-state index < -0.39 is 28.4 Å². The van der Waals surface area contributed by atoms with Crippen LogP contribution in [0.2, 0.25) is 0 Å². The number of cyclic esters (lactones) is 2. The van der Waals surface area contributed by atoms with Crippen LogP contribution in [0.3, 0.4) is 0 Å². The lowest BCUT2D eigenvalue weighted by molar-refractivity contribution is -0.151. The van der Waals surface area contributed by atoms with Crippen LogP contribution in [0.5, 0.6) is 0 Å². The zero-order chi connectivity index (χ0) is 10.0. The molecule has 1 rings (SSSR count). The van der Waals surface area contributed by atoms with Gasteiger partial charge >= 0.3 is 17.9 Å². The summed E-state index contributed by atoms with van der Waals surface area (Å²) in [7, 11) is 0. The Morgan fingerprint density at radius 3 is 2.69 bits per heavy atom. The molecule has 0 aromatic rings. The highest BCUT2D eigenvalue weighted by Crippen LogP contribution is 2.26. The van der Waals surface area contributed by atoms with Gasteiger partial charge < -0.3 is 9.84 Å². The largest absolute Gasteiger partial charge is 0.480 e. The molecular weight excluding hydrogens is 196 g/mol. The zero-order valence-electron chi connectivity index (χ0n) is 6.85. The minimum atomic E-state index is -1.00. The Labute approximate surface area is 78.4 Å². The van der Waals surface area contributed by atoms with Gasteiger partial charge in [0.2, 0.25) is 0 Å². The number of esters is 2. The number of hydrogen-bond donors (Lipinski definition) is 1. The number of thioether (sulfide) groups is 1. The molecule has 1 aliphatic heterocycles. The molecular formula is C7H8O5S. The number of carbonyl (C=O) groups excluding carboxylic acids is 2. The van der Waals surface area contributed by atoms with Gasteiger partial charge in [-0.05, 0) is 6.92 Å². The van der Waals surface area contributed by atoms with Crippen LogP contribution >= 0.6 is 11.8 Å². The summed E-state index contributed by atoms with van der Waals surface area (Å²) in [5.41, 5.74) is 0. The fourth-order valence-electron chi connectivity index (χ4n) is 0.863. The molecule has 2 atom stereocenters. The molecule has 1 heterocycles. The summed E-state index contributed by atoms with van der Waals surface area (Å²) in [6.45, 7) is 1.46. The molecule has 0 aromatic heterocycles. The van der Waals surface area contributed by atoms with Gasteiger partial charge in [-0.25, -0.2) is 0 Å². The molecule has 0 aliphatic carbocycles. The van der Waals surface area contributed by atoms with Crippen LogP contribution in [-0.4, -0.2) is 33.5 Å². The van der Waals surface area contributed by atoms with Gasteiger partial charge in [-0.2, -0.15) is 0 Å². The van der Waals surface area contributed by atoms with E-state index in [4.69, 9.17) is 5.11 Å². The van der Waals surface area contributed by atoms with Crippen LogP contribution in [0.15, 0.2) is 0 Å². The van der Waals surface area contributed by atoms with Gasteiger partial charge in [0, 0.05) is 0 Å². The lowest BCUT2D eigenvalue weighted by Gasteiger charge is -2.07. The molecule has 0 bridgehead atoms. The number of aliphatic carboxylic acids is 1. The maximum absolute atomic E-state index is 10.9. The van der Waals surface area contributed by atoms with Crippen LogP contribution in [-0.2, 0) is 19.1 Å². The molecule has 1 N–H and O–H groups in total. The first kappa shape index (κ1) is 10.0. The highest BCUT2D eigenvalue weighted by molar-refractivity contribution is 8.01. The van der Waals surface area contributed by atoms with Gasteiger partial charge in [-0.3, -0.25) is 14.4 Å². The zero-order valence-corrected chi connectivity index (χ0v) is 7.67. The fraction of sp³-hybridized carbons (Fsp3) is 0.571. The van der Waals surface area contributed by atoms with Crippen molar-refractivity contribution in [2.45, 2.75) is 23.8 Å². The summed E-state index contributed by atoms with van der Waals surface area (Å²) in [5, 5.41) is 7.18. The molecule has 1 saturated heterocycles. The highest BCUT2D eigenvalue weighted by atomic mass is 32.2. The van der Waals surface area contributed by atoms with Crippen LogP contribution in [0.25, 0.3) is 0 Å². The SMILES string of the molecule is CC(SC1CC(=O)OC1=O)C(=O)O. The molecule has 1 fully saturated rings. The molecule has 2 unspecified atom stereocenters. The third-order valence-electron chi connectivity index (χ3n) is 1.55. The van der Waals surface area contributed by atoms with E-state index in [2.05, 4.69) is 4.74 Å². The maximum atomic E-state index is 10.9. The van der Waals surface area contributed by atoms with E-state index in [1.807, 2.05) is 0 Å². The maximum Gasteiger partial charge on any atom is 0.327 e. The third kappa shape index (κ3) is 2.45. The number of hydrogen-bond acceptors (Lipinski definition) is 5. The molecule has 72 valence electrons. The van der Waals surface area contributed by atoms with Crippen molar-refractivity contribution in [1.82, 2.24) is 0 Å². The summed E-state index contributed by atoms with van der Waals surface area (Å²) in [6, 6.07) is 0. The Kier molecular flexibility index (Phi) is 2.92. The highest BCUT2D eigenvalue weighted by Gasteiger charge is 2.36. The summed E-state index contributed by atoms with van der Waals surface area (Å²) >= 11 is 0.932. The first-order valence-electron chi connectivity index (χ1n) is 3.63. The molecule has 5 nitrogen and oxygen atoms in total. The molecule has 13 heavy (non-hydrogen) atoms. The van der Waals surface area contributed by atoms with Crippen molar-refractivity contribution in [2.24, 2.45) is 0 Å².